The maximum atomic E-state index is 10.6. The Morgan fingerprint density at radius 1 is 1.43 bits per heavy atom. The van der Waals surface area contributed by atoms with E-state index in [-0.39, 0.29) is 0 Å². The zero-order chi connectivity index (χ0) is 16.3. The summed E-state index contributed by atoms with van der Waals surface area (Å²) in [4.78, 5) is 8.90. The number of ether oxygens (including phenoxy) is 1. The Kier molecular flexibility index (Phi) is 5.43. The second kappa shape index (κ2) is 6.50. The molecular formula is C12H13ClF3NO4. The predicted molar refractivity (Wildman–Crippen MR) is 68.5 cm³/mol. The van der Waals surface area contributed by atoms with E-state index < -0.39 is 17.7 Å². The number of carboxylic acid groups (broad SMARTS) is 1. The van der Waals surface area contributed by atoms with Crippen molar-refractivity contribution in [3.05, 3.63) is 28.8 Å². The number of aliphatic hydroxyl groups is 1. The van der Waals surface area contributed by atoms with E-state index in [0.717, 1.165) is 5.56 Å². The van der Waals surface area contributed by atoms with Crippen LogP contribution in [-0.4, -0.2) is 42.6 Å². The standard InChI is InChI=1S/C10H12ClNO2.C2HF3O2/c1-14-9-3-2-7(4-8(9)11)10(13)5-12-6-10;3-2(4,5)1(6)7/h2-4,12-13H,5-6H2,1H3;(H,6,7). The normalized spacial score (nSPS) is 16.3. The van der Waals surface area contributed by atoms with Gasteiger partial charge in [-0.05, 0) is 17.7 Å². The van der Waals surface area contributed by atoms with E-state index in [1.807, 2.05) is 6.07 Å². The minimum atomic E-state index is -5.08. The molecule has 1 aliphatic rings. The molecule has 1 fully saturated rings. The van der Waals surface area contributed by atoms with Crippen LogP contribution >= 0.6 is 11.6 Å². The fraction of sp³-hybridized carbons (Fsp3) is 0.417. The van der Waals surface area contributed by atoms with Gasteiger partial charge in [0, 0.05) is 13.1 Å². The van der Waals surface area contributed by atoms with Crippen molar-refractivity contribution in [1.82, 2.24) is 5.32 Å². The average Bonchev–Trinajstić information content (AvgIpc) is 2.35. The van der Waals surface area contributed by atoms with Crippen LogP contribution in [0.4, 0.5) is 13.2 Å². The molecule has 1 heterocycles. The number of methoxy groups -OCH3 is 1. The molecule has 2 rings (SSSR count). The van der Waals surface area contributed by atoms with E-state index >= 15 is 0 Å². The van der Waals surface area contributed by atoms with Crippen LogP contribution in [-0.2, 0) is 10.4 Å². The molecule has 21 heavy (non-hydrogen) atoms. The number of carbonyl (C=O) groups is 1. The topological polar surface area (TPSA) is 78.8 Å². The summed E-state index contributed by atoms with van der Waals surface area (Å²) in [6, 6.07) is 5.36. The predicted octanol–water partition coefficient (Wildman–Crippen LogP) is 1.77. The van der Waals surface area contributed by atoms with Gasteiger partial charge in [-0.15, -0.1) is 0 Å². The van der Waals surface area contributed by atoms with Gasteiger partial charge < -0.3 is 20.3 Å². The lowest BCUT2D eigenvalue weighted by Crippen LogP contribution is -2.56. The SMILES string of the molecule is COc1ccc(C2(O)CNC2)cc1Cl.O=C(O)C(F)(F)F. The van der Waals surface area contributed by atoms with Crippen molar-refractivity contribution in [3.63, 3.8) is 0 Å². The fourth-order valence-corrected chi connectivity index (χ4v) is 1.78. The van der Waals surface area contributed by atoms with Crippen LogP contribution in [0.3, 0.4) is 0 Å². The lowest BCUT2D eigenvalue weighted by atomic mass is 9.88. The molecule has 1 aliphatic heterocycles. The van der Waals surface area contributed by atoms with E-state index in [4.69, 9.17) is 26.2 Å². The van der Waals surface area contributed by atoms with Gasteiger partial charge in [-0.2, -0.15) is 13.2 Å². The third-order valence-electron chi connectivity index (χ3n) is 2.77. The molecule has 0 radical (unpaired) electrons. The summed E-state index contributed by atoms with van der Waals surface area (Å²) in [7, 11) is 1.57. The monoisotopic (exact) mass is 327 g/mol. The van der Waals surface area contributed by atoms with Crippen molar-refractivity contribution in [2.45, 2.75) is 11.8 Å². The van der Waals surface area contributed by atoms with E-state index in [1.54, 1.807) is 19.2 Å². The van der Waals surface area contributed by atoms with Crippen LogP contribution in [0.2, 0.25) is 5.02 Å². The number of hydrogen-bond donors (Lipinski definition) is 3. The Morgan fingerprint density at radius 2 is 1.95 bits per heavy atom. The largest absolute Gasteiger partial charge is 0.495 e. The van der Waals surface area contributed by atoms with Gasteiger partial charge in [-0.1, -0.05) is 17.7 Å². The number of nitrogens with one attached hydrogen (secondary N) is 1. The summed E-state index contributed by atoms with van der Waals surface area (Å²) in [6.45, 7) is 1.16. The summed E-state index contributed by atoms with van der Waals surface area (Å²) < 4.78 is 36.8. The second-order valence-corrected chi connectivity index (χ2v) is 4.69. The highest BCUT2D eigenvalue weighted by Gasteiger charge is 2.38. The third kappa shape index (κ3) is 4.48. The molecule has 5 nitrogen and oxygen atoms in total. The maximum absolute atomic E-state index is 10.6. The van der Waals surface area contributed by atoms with Crippen molar-refractivity contribution in [3.8, 4) is 5.75 Å². The van der Waals surface area contributed by atoms with Crippen molar-refractivity contribution >= 4 is 17.6 Å². The summed E-state index contributed by atoms with van der Waals surface area (Å²) in [5, 5.41) is 20.7. The van der Waals surface area contributed by atoms with Gasteiger partial charge in [-0.3, -0.25) is 0 Å². The molecule has 3 N–H and O–H groups in total. The Balaban J connectivity index is 0.000000270. The molecule has 1 saturated heterocycles. The first-order valence-corrected chi connectivity index (χ1v) is 6.05. The van der Waals surface area contributed by atoms with Crippen molar-refractivity contribution in [2.75, 3.05) is 20.2 Å². The average molecular weight is 328 g/mol. The van der Waals surface area contributed by atoms with Crippen molar-refractivity contribution < 1.29 is 32.9 Å². The number of carboxylic acids is 1. The van der Waals surface area contributed by atoms with Crippen LogP contribution in [0.5, 0.6) is 5.75 Å². The maximum Gasteiger partial charge on any atom is 0.490 e. The Hall–Kier alpha value is -1.51. The van der Waals surface area contributed by atoms with Gasteiger partial charge in [-0.25, -0.2) is 4.79 Å². The summed E-state index contributed by atoms with van der Waals surface area (Å²) in [6.07, 6.45) is -5.08. The zero-order valence-corrected chi connectivity index (χ0v) is 11.6. The summed E-state index contributed by atoms with van der Waals surface area (Å²) in [5.41, 5.74) is 0.0812. The first-order valence-electron chi connectivity index (χ1n) is 5.67. The van der Waals surface area contributed by atoms with Gasteiger partial charge in [0.05, 0.1) is 12.1 Å². The lowest BCUT2D eigenvalue weighted by Gasteiger charge is -2.38. The molecule has 0 unspecified atom stereocenters. The molecule has 0 aromatic heterocycles. The number of halogens is 4. The molecule has 0 spiro atoms. The number of benzene rings is 1. The van der Waals surface area contributed by atoms with Crippen LogP contribution in [0.25, 0.3) is 0 Å². The van der Waals surface area contributed by atoms with Crippen LogP contribution in [0.15, 0.2) is 18.2 Å². The molecule has 0 bridgehead atoms. The van der Waals surface area contributed by atoms with E-state index in [9.17, 15) is 18.3 Å². The van der Waals surface area contributed by atoms with Gasteiger partial charge in [0.15, 0.2) is 0 Å². The highest BCUT2D eigenvalue weighted by molar-refractivity contribution is 6.32. The molecule has 1 aromatic rings. The van der Waals surface area contributed by atoms with Crippen molar-refractivity contribution in [2.24, 2.45) is 0 Å². The molecule has 1 aromatic carbocycles. The van der Waals surface area contributed by atoms with Crippen LogP contribution in [0.1, 0.15) is 5.56 Å². The molecule has 9 heteroatoms. The molecule has 0 atom stereocenters. The third-order valence-corrected chi connectivity index (χ3v) is 3.06. The fourth-order valence-electron chi connectivity index (χ4n) is 1.52. The zero-order valence-electron chi connectivity index (χ0n) is 10.9. The van der Waals surface area contributed by atoms with E-state index in [1.165, 1.54) is 0 Å². The van der Waals surface area contributed by atoms with Gasteiger partial charge in [0.25, 0.3) is 0 Å². The van der Waals surface area contributed by atoms with Gasteiger partial charge in [0.2, 0.25) is 0 Å². The minimum absolute atomic E-state index is 0.533. The highest BCUT2D eigenvalue weighted by atomic mass is 35.5. The van der Waals surface area contributed by atoms with Crippen LogP contribution < -0.4 is 10.1 Å². The van der Waals surface area contributed by atoms with Crippen molar-refractivity contribution in [1.29, 1.82) is 0 Å². The summed E-state index contributed by atoms with van der Waals surface area (Å²) >= 11 is 5.96. The number of aliphatic carboxylic acids is 1. The number of rotatable bonds is 2. The van der Waals surface area contributed by atoms with Crippen LogP contribution in [0, 0.1) is 0 Å². The van der Waals surface area contributed by atoms with Gasteiger partial charge in [0.1, 0.15) is 11.4 Å². The molecule has 118 valence electrons. The number of hydrogen-bond acceptors (Lipinski definition) is 4. The highest BCUT2D eigenvalue weighted by Crippen LogP contribution is 2.32. The number of β-amino-alcohol motifs (C(OH)–C–C–N with tert-alkyl or cyclic N) is 1. The quantitative estimate of drug-likeness (QED) is 0.771. The first kappa shape index (κ1) is 17.5. The molecule has 0 aliphatic carbocycles. The number of alkyl halides is 3. The molecular weight excluding hydrogens is 315 g/mol. The van der Waals surface area contributed by atoms with Gasteiger partial charge >= 0.3 is 12.1 Å². The summed E-state index contributed by atoms with van der Waals surface area (Å²) in [5.74, 6) is -2.13. The van der Waals surface area contributed by atoms with E-state index in [2.05, 4.69) is 5.32 Å². The minimum Gasteiger partial charge on any atom is -0.495 e. The first-order chi connectivity index (χ1) is 9.60. The Morgan fingerprint density at radius 3 is 2.24 bits per heavy atom. The Bertz CT molecular complexity index is 518. The smallest absolute Gasteiger partial charge is 0.490 e. The lowest BCUT2D eigenvalue weighted by molar-refractivity contribution is -0.192. The molecule has 0 amide bonds. The van der Waals surface area contributed by atoms with E-state index in [0.29, 0.717) is 23.9 Å². The second-order valence-electron chi connectivity index (χ2n) is 4.29. The Labute approximate surface area is 123 Å². The molecule has 0 saturated carbocycles.